The number of imide groups is 1. The van der Waals surface area contributed by atoms with E-state index in [1.54, 1.807) is 12.2 Å². The summed E-state index contributed by atoms with van der Waals surface area (Å²) >= 11 is 0. The third-order valence-electron chi connectivity index (χ3n) is 5.05. The highest BCUT2D eigenvalue weighted by atomic mass is 16.6. The van der Waals surface area contributed by atoms with Crippen molar-refractivity contribution in [3.63, 3.8) is 0 Å². The molecule has 0 saturated carbocycles. The molecule has 0 spiro atoms. The summed E-state index contributed by atoms with van der Waals surface area (Å²) in [5, 5.41) is 21.0. The maximum Gasteiger partial charge on any atom is 0.313 e. The monoisotopic (exact) mass is 374 g/mol. The van der Waals surface area contributed by atoms with Crippen molar-refractivity contribution < 1.29 is 33.9 Å². The van der Waals surface area contributed by atoms with E-state index in [0.717, 1.165) is 24.0 Å². The minimum Gasteiger partial charge on any atom is -0.419 e. The van der Waals surface area contributed by atoms with Crippen LogP contribution in [0.2, 0.25) is 0 Å². The van der Waals surface area contributed by atoms with Gasteiger partial charge in [0.2, 0.25) is 17.6 Å². The lowest BCUT2D eigenvalue weighted by Gasteiger charge is -2.26. The molecule has 0 aliphatic carbocycles. The summed E-state index contributed by atoms with van der Waals surface area (Å²) in [4.78, 5) is 48.3. The van der Waals surface area contributed by atoms with Crippen LogP contribution in [-0.2, 0) is 19.1 Å². The van der Waals surface area contributed by atoms with Gasteiger partial charge in [-0.15, -0.1) is 0 Å². The normalized spacial score (nSPS) is 30.7. The minimum atomic E-state index is -1.25. The van der Waals surface area contributed by atoms with E-state index < -0.39 is 58.5 Å². The average Bonchev–Trinajstić information content (AvgIpc) is 3.26. The van der Waals surface area contributed by atoms with E-state index in [9.17, 15) is 29.6 Å². The Labute approximate surface area is 152 Å². The van der Waals surface area contributed by atoms with Crippen molar-refractivity contribution in [2.75, 3.05) is 11.5 Å². The molecule has 3 aliphatic rings. The highest BCUT2D eigenvalue weighted by Crippen LogP contribution is 2.52. The molecule has 10 heteroatoms. The van der Waals surface area contributed by atoms with Crippen molar-refractivity contribution in [3.05, 3.63) is 40.5 Å². The predicted molar refractivity (Wildman–Crippen MR) is 87.7 cm³/mol. The van der Waals surface area contributed by atoms with Gasteiger partial charge in [0.25, 0.3) is 0 Å². The number of nitro benzene ring substituents is 1. The molecule has 4 rings (SSSR count). The topological polar surface area (TPSA) is 136 Å². The first-order chi connectivity index (χ1) is 12.8. The second-order valence-corrected chi connectivity index (χ2v) is 6.57. The summed E-state index contributed by atoms with van der Waals surface area (Å²) in [5.41, 5.74) is -1.80. The molecule has 3 heterocycles. The number of nitrogens with zero attached hydrogens (tertiary/aromatic N) is 2. The molecule has 10 nitrogen and oxygen atoms in total. The highest BCUT2D eigenvalue weighted by molar-refractivity contribution is 6.23. The number of esters is 1. The molecule has 3 aliphatic heterocycles. The number of amides is 2. The second kappa shape index (κ2) is 5.69. The van der Waals surface area contributed by atoms with Crippen LogP contribution in [0.4, 0.5) is 11.4 Å². The number of rotatable bonds is 4. The van der Waals surface area contributed by atoms with Crippen LogP contribution in [0.3, 0.4) is 0 Å². The van der Waals surface area contributed by atoms with E-state index in [1.807, 2.05) is 0 Å². The van der Waals surface area contributed by atoms with Crippen molar-refractivity contribution in [1.82, 2.24) is 0 Å². The van der Waals surface area contributed by atoms with E-state index in [-0.39, 0.29) is 11.4 Å². The Hall–Kier alpha value is -3.11. The van der Waals surface area contributed by atoms with Crippen molar-refractivity contribution >= 4 is 29.2 Å². The van der Waals surface area contributed by atoms with Crippen LogP contribution in [0.1, 0.15) is 6.92 Å². The number of ether oxygens (including phenoxy) is 2. The first-order valence-corrected chi connectivity index (χ1v) is 8.12. The summed E-state index contributed by atoms with van der Waals surface area (Å²) in [7, 11) is 0. The van der Waals surface area contributed by atoms with Gasteiger partial charge in [0, 0.05) is 13.0 Å². The zero-order valence-corrected chi connectivity index (χ0v) is 14.0. The summed E-state index contributed by atoms with van der Waals surface area (Å²) in [6.45, 7) is 0.642. The summed E-state index contributed by atoms with van der Waals surface area (Å²) < 4.78 is 10.4. The molecule has 1 aromatic rings. The van der Waals surface area contributed by atoms with E-state index in [0.29, 0.717) is 0 Å². The lowest BCUT2D eigenvalue weighted by atomic mass is 9.77. The number of aliphatic hydroxyl groups excluding tert-OH is 1. The zero-order valence-electron chi connectivity index (χ0n) is 14.0. The van der Waals surface area contributed by atoms with Crippen LogP contribution in [-0.4, -0.2) is 46.1 Å². The number of nitro groups is 1. The van der Waals surface area contributed by atoms with E-state index >= 15 is 0 Å². The molecule has 1 N–H and O–H groups in total. The van der Waals surface area contributed by atoms with Crippen LogP contribution < -0.4 is 9.64 Å². The molecular weight excluding hydrogens is 360 g/mol. The van der Waals surface area contributed by atoms with Crippen molar-refractivity contribution in [3.8, 4) is 5.75 Å². The SMILES string of the molecule is CC(=O)Oc1ccc(N2C(=O)[C@H]3[C@@H](C2=O)[C@@]2(CO)C=C[C@H]3O2)cc1[N+](=O)[O-]. The van der Waals surface area contributed by atoms with E-state index in [2.05, 4.69) is 0 Å². The Kier molecular flexibility index (Phi) is 3.65. The van der Waals surface area contributed by atoms with Crippen LogP contribution in [0.25, 0.3) is 0 Å². The lowest BCUT2D eigenvalue weighted by Crippen LogP contribution is -2.43. The quantitative estimate of drug-likeness (QED) is 0.199. The molecule has 27 heavy (non-hydrogen) atoms. The molecule has 1 aromatic carbocycles. The van der Waals surface area contributed by atoms with Gasteiger partial charge in [0.05, 0.1) is 35.2 Å². The third-order valence-corrected chi connectivity index (χ3v) is 5.05. The number of carbonyl (C=O) groups is 3. The number of benzene rings is 1. The van der Waals surface area contributed by atoms with E-state index in [4.69, 9.17) is 9.47 Å². The summed E-state index contributed by atoms with van der Waals surface area (Å²) in [5.74, 6) is -3.85. The fourth-order valence-electron chi connectivity index (χ4n) is 3.97. The first kappa shape index (κ1) is 17.3. The third kappa shape index (κ3) is 2.30. The maximum absolute atomic E-state index is 12.9. The molecule has 4 atom stereocenters. The lowest BCUT2D eigenvalue weighted by molar-refractivity contribution is -0.385. The fraction of sp³-hybridized carbons (Fsp3) is 0.353. The molecule has 0 unspecified atom stereocenters. The number of hydrogen-bond acceptors (Lipinski definition) is 8. The van der Waals surface area contributed by atoms with Crippen LogP contribution in [0.5, 0.6) is 5.75 Å². The van der Waals surface area contributed by atoms with Gasteiger partial charge >= 0.3 is 11.7 Å². The highest BCUT2D eigenvalue weighted by Gasteiger charge is 2.67. The molecule has 2 amide bonds. The van der Waals surface area contributed by atoms with Gasteiger partial charge in [-0.1, -0.05) is 12.2 Å². The van der Waals surface area contributed by atoms with Gasteiger partial charge in [0.15, 0.2) is 0 Å². The molecule has 0 radical (unpaired) electrons. The number of aliphatic hydroxyl groups is 1. The number of fused-ring (bicyclic) bond motifs is 5. The van der Waals surface area contributed by atoms with Gasteiger partial charge in [-0.05, 0) is 12.1 Å². The van der Waals surface area contributed by atoms with Crippen molar-refractivity contribution in [2.45, 2.75) is 18.6 Å². The summed E-state index contributed by atoms with van der Waals surface area (Å²) in [6.07, 6.45) is 2.59. The maximum atomic E-state index is 12.9. The Morgan fingerprint density at radius 2 is 2.15 bits per heavy atom. The number of carbonyl (C=O) groups excluding carboxylic acids is 3. The van der Waals surface area contributed by atoms with Gasteiger partial charge in [-0.3, -0.25) is 24.5 Å². The second-order valence-electron chi connectivity index (χ2n) is 6.57. The van der Waals surface area contributed by atoms with Gasteiger partial charge in [0.1, 0.15) is 5.60 Å². The molecule has 2 fully saturated rings. The minimum absolute atomic E-state index is 0.00510. The molecule has 2 bridgehead atoms. The fourth-order valence-corrected chi connectivity index (χ4v) is 3.97. The Morgan fingerprint density at radius 1 is 1.41 bits per heavy atom. The standard InChI is InChI=1S/C17H14N2O8/c1-8(21)26-11-3-2-9(6-10(11)19(24)25)18-15(22)13-12-4-5-17(7-20,27-12)14(13)16(18)23/h2-6,12-14,20H,7H2,1H3/t12-,13-,14+,17+/m1/s1. The van der Waals surface area contributed by atoms with Gasteiger partial charge in [-0.25, -0.2) is 4.90 Å². The molecular formula is C17H14N2O8. The molecule has 2 saturated heterocycles. The van der Waals surface area contributed by atoms with Crippen molar-refractivity contribution in [1.29, 1.82) is 0 Å². The van der Waals surface area contributed by atoms with Crippen LogP contribution in [0.15, 0.2) is 30.4 Å². The molecule has 140 valence electrons. The van der Waals surface area contributed by atoms with Crippen molar-refractivity contribution in [2.24, 2.45) is 11.8 Å². The van der Waals surface area contributed by atoms with Gasteiger partial charge < -0.3 is 14.6 Å². The van der Waals surface area contributed by atoms with Gasteiger partial charge in [-0.2, -0.15) is 0 Å². The number of hydrogen-bond donors (Lipinski definition) is 1. The number of anilines is 1. The molecule has 0 aromatic heterocycles. The zero-order chi connectivity index (χ0) is 19.5. The Balaban J connectivity index is 1.74. The first-order valence-electron chi connectivity index (χ1n) is 8.12. The Bertz CT molecular complexity index is 926. The van der Waals surface area contributed by atoms with Crippen LogP contribution >= 0.6 is 0 Å². The summed E-state index contributed by atoms with van der Waals surface area (Å²) in [6, 6.07) is 3.47. The Morgan fingerprint density at radius 3 is 2.78 bits per heavy atom. The predicted octanol–water partition coefficient (Wildman–Crippen LogP) is 0.325. The van der Waals surface area contributed by atoms with Crippen LogP contribution in [0, 0.1) is 22.0 Å². The van der Waals surface area contributed by atoms with E-state index in [1.165, 1.54) is 6.07 Å². The largest absolute Gasteiger partial charge is 0.419 e. The smallest absolute Gasteiger partial charge is 0.313 e. The average molecular weight is 374 g/mol.